The number of hydrogen-bond donors (Lipinski definition) is 1. The van der Waals surface area contributed by atoms with Gasteiger partial charge in [-0.3, -0.25) is 9.36 Å². The minimum absolute atomic E-state index is 0.107. The van der Waals surface area contributed by atoms with Gasteiger partial charge in [-0.15, -0.1) is 0 Å². The molecule has 2 aromatic rings. The second-order valence-corrected chi connectivity index (χ2v) is 8.37. The van der Waals surface area contributed by atoms with Crippen molar-refractivity contribution in [2.45, 2.75) is 51.8 Å². The van der Waals surface area contributed by atoms with Gasteiger partial charge >= 0.3 is 6.09 Å². The van der Waals surface area contributed by atoms with Crippen LogP contribution in [-0.4, -0.2) is 56.8 Å². The average molecular weight is 408 g/mol. The van der Waals surface area contributed by atoms with Crippen molar-refractivity contribution in [3.8, 4) is 0 Å². The molecule has 1 aliphatic rings. The molecule has 0 radical (unpaired) electrons. The van der Waals surface area contributed by atoms with Crippen LogP contribution in [0.1, 0.15) is 33.6 Å². The summed E-state index contributed by atoms with van der Waals surface area (Å²) in [6.45, 7) is 8.45. The highest BCUT2D eigenvalue weighted by molar-refractivity contribution is 6.29. The summed E-state index contributed by atoms with van der Waals surface area (Å²) in [7, 11) is 0. The van der Waals surface area contributed by atoms with Gasteiger partial charge in [-0.05, 0) is 45.7 Å². The third-order valence-corrected chi connectivity index (χ3v) is 4.82. The summed E-state index contributed by atoms with van der Waals surface area (Å²) in [5.74, 6) is 0. The van der Waals surface area contributed by atoms with Gasteiger partial charge in [0.1, 0.15) is 16.3 Å². The van der Waals surface area contributed by atoms with Crippen LogP contribution in [-0.2, 0) is 11.3 Å². The fourth-order valence-electron chi connectivity index (χ4n) is 3.25. The first-order chi connectivity index (χ1) is 13.2. The molecule has 3 rings (SSSR count). The number of likely N-dealkylation sites (tertiary alicyclic amines) is 1. The quantitative estimate of drug-likeness (QED) is 0.783. The Balaban J connectivity index is 1.54. The van der Waals surface area contributed by atoms with Gasteiger partial charge in [-0.2, -0.15) is 0 Å². The van der Waals surface area contributed by atoms with Crippen molar-refractivity contribution in [3.63, 3.8) is 0 Å². The highest BCUT2D eigenvalue weighted by atomic mass is 35.5. The topological polar surface area (TPSA) is 89.4 Å². The Labute approximate surface area is 168 Å². The summed E-state index contributed by atoms with van der Waals surface area (Å²) < 4.78 is 6.92. The van der Waals surface area contributed by atoms with Gasteiger partial charge in [-0.25, -0.2) is 14.8 Å². The molecule has 0 saturated carbocycles. The molecule has 28 heavy (non-hydrogen) atoms. The minimum Gasteiger partial charge on any atom is -0.444 e. The predicted octanol–water partition coefficient (Wildman–Crippen LogP) is 2.43. The van der Waals surface area contributed by atoms with E-state index in [0.717, 1.165) is 25.9 Å². The standard InChI is InChI=1S/C19H26ClN5O3/c1-19(2,3)28-18(27)22-13-6-8-24(9-7-13)10-11-25-16(26)12-21-14-4-5-15(20)23-17(14)25/h4-5,12-13H,6-11H2,1-3H3,(H,22,27). The lowest BCUT2D eigenvalue weighted by atomic mass is 10.1. The van der Waals surface area contributed by atoms with Crippen LogP contribution < -0.4 is 10.9 Å². The van der Waals surface area contributed by atoms with E-state index in [-0.39, 0.29) is 17.7 Å². The van der Waals surface area contributed by atoms with Crippen LogP contribution in [0.4, 0.5) is 4.79 Å². The Bertz CT molecular complexity index is 901. The third-order valence-electron chi connectivity index (χ3n) is 4.60. The van der Waals surface area contributed by atoms with Crippen LogP contribution in [0.3, 0.4) is 0 Å². The van der Waals surface area contributed by atoms with Gasteiger partial charge in [0.05, 0.1) is 6.20 Å². The van der Waals surface area contributed by atoms with Crippen LogP contribution in [0.2, 0.25) is 5.15 Å². The van der Waals surface area contributed by atoms with Crippen molar-refractivity contribution in [2.24, 2.45) is 0 Å². The largest absolute Gasteiger partial charge is 0.444 e. The van der Waals surface area contributed by atoms with Gasteiger partial charge in [0.2, 0.25) is 0 Å². The number of rotatable bonds is 4. The number of nitrogens with one attached hydrogen (secondary N) is 1. The maximum Gasteiger partial charge on any atom is 0.407 e. The van der Waals surface area contributed by atoms with Crippen LogP contribution in [0.15, 0.2) is 23.1 Å². The average Bonchev–Trinajstić information content (AvgIpc) is 2.60. The van der Waals surface area contributed by atoms with Crippen molar-refractivity contribution < 1.29 is 9.53 Å². The molecule has 3 heterocycles. The van der Waals surface area contributed by atoms with E-state index in [9.17, 15) is 9.59 Å². The Kier molecular flexibility index (Phi) is 6.20. The van der Waals surface area contributed by atoms with E-state index in [0.29, 0.717) is 29.4 Å². The Hall–Kier alpha value is -2.19. The molecule has 0 bridgehead atoms. The van der Waals surface area contributed by atoms with Gasteiger partial charge in [0, 0.05) is 32.2 Å². The van der Waals surface area contributed by atoms with E-state index in [4.69, 9.17) is 16.3 Å². The summed E-state index contributed by atoms with van der Waals surface area (Å²) in [6, 6.07) is 3.53. The Morgan fingerprint density at radius 2 is 2.00 bits per heavy atom. The number of carbonyl (C=O) groups excluding carboxylic acids is 1. The van der Waals surface area contributed by atoms with Crippen LogP contribution in [0.25, 0.3) is 11.2 Å². The van der Waals surface area contributed by atoms with E-state index in [1.54, 1.807) is 16.7 Å². The maximum absolute atomic E-state index is 12.2. The van der Waals surface area contributed by atoms with E-state index in [1.807, 2.05) is 20.8 Å². The van der Waals surface area contributed by atoms with Crippen molar-refractivity contribution >= 4 is 28.9 Å². The predicted molar refractivity (Wildman–Crippen MR) is 108 cm³/mol. The number of nitrogens with zero attached hydrogens (tertiary/aromatic N) is 4. The maximum atomic E-state index is 12.2. The van der Waals surface area contributed by atoms with Crippen molar-refractivity contribution in [2.75, 3.05) is 19.6 Å². The molecule has 0 aliphatic carbocycles. The smallest absolute Gasteiger partial charge is 0.407 e. The lowest BCUT2D eigenvalue weighted by Gasteiger charge is -2.32. The number of halogens is 1. The number of ether oxygens (including phenoxy) is 1. The normalized spacial score (nSPS) is 16.3. The molecule has 1 amide bonds. The number of hydrogen-bond acceptors (Lipinski definition) is 6. The lowest BCUT2D eigenvalue weighted by Crippen LogP contribution is -2.46. The lowest BCUT2D eigenvalue weighted by molar-refractivity contribution is 0.0478. The van der Waals surface area contributed by atoms with Crippen LogP contribution in [0, 0.1) is 0 Å². The zero-order valence-corrected chi connectivity index (χ0v) is 17.2. The molecule has 0 atom stereocenters. The highest BCUT2D eigenvalue weighted by Crippen LogP contribution is 2.14. The van der Waals surface area contributed by atoms with E-state index < -0.39 is 5.60 Å². The number of aromatic nitrogens is 3. The van der Waals surface area contributed by atoms with Gasteiger partial charge in [-0.1, -0.05) is 11.6 Å². The molecule has 0 unspecified atom stereocenters. The molecule has 0 spiro atoms. The molecule has 1 aliphatic heterocycles. The third kappa shape index (κ3) is 5.42. The summed E-state index contributed by atoms with van der Waals surface area (Å²) in [4.78, 5) is 34.8. The Morgan fingerprint density at radius 1 is 1.29 bits per heavy atom. The second kappa shape index (κ2) is 8.45. The molecular formula is C19H26ClN5O3. The minimum atomic E-state index is -0.498. The zero-order valence-electron chi connectivity index (χ0n) is 16.4. The zero-order chi connectivity index (χ0) is 20.3. The molecule has 0 aromatic carbocycles. The summed E-state index contributed by atoms with van der Waals surface area (Å²) in [5, 5.41) is 3.27. The fourth-order valence-corrected chi connectivity index (χ4v) is 3.39. The van der Waals surface area contributed by atoms with Crippen molar-refractivity contribution in [1.82, 2.24) is 24.8 Å². The molecule has 1 saturated heterocycles. The van der Waals surface area contributed by atoms with Gasteiger partial charge in [0.25, 0.3) is 5.56 Å². The van der Waals surface area contributed by atoms with Crippen LogP contribution >= 0.6 is 11.6 Å². The monoisotopic (exact) mass is 407 g/mol. The summed E-state index contributed by atoms with van der Waals surface area (Å²) in [6.07, 6.45) is 2.63. The van der Waals surface area contributed by atoms with Crippen LogP contribution in [0.5, 0.6) is 0 Å². The van der Waals surface area contributed by atoms with E-state index in [2.05, 4.69) is 20.2 Å². The molecule has 2 aromatic heterocycles. The number of piperidine rings is 1. The number of alkyl carbamates (subject to hydrolysis) is 1. The number of carbonyl (C=O) groups is 1. The fraction of sp³-hybridized carbons (Fsp3) is 0.579. The molecule has 1 fully saturated rings. The van der Waals surface area contributed by atoms with Crippen molar-refractivity contribution in [1.29, 1.82) is 0 Å². The molecule has 1 N–H and O–H groups in total. The number of pyridine rings is 1. The number of fused-ring (bicyclic) bond motifs is 1. The summed E-state index contributed by atoms with van der Waals surface area (Å²) >= 11 is 5.98. The first-order valence-electron chi connectivity index (χ1n) is 9.45. The van der Waals surface area contributed by atoms with E-state index >= 15 is 0 Å². The molecule has 8 nitrogen and oxygen atoms in total. The van der Waals surface area contributed by atoms with Gasteiger partial charge in [0.15, 0.2) is 5.65 Å². The molecule has 152 valence electrons. The second-order valence-electron chi connectivity index (χ2n) is 7.99. The van der Waals surface area contributed by atoms with E-state index in [1.165, 1.54) is 6.20 Å². The first-order valence-corrected chi connectivity index (χ1v) is 9.83. The first kappa shape index (κ1) is 20.5. The SMILES string of the molecule is CC(C)(C)OC(=O)NC1CCN(CCn2c(=O)cnc3ccc(Cl)nc32)CC1. The Morgan fingerprint density at radius 3 is 2.68 bits per heavy atom. The molecular weight excluding hydrogens is 382 g/mol. The number of amides is 1. The summed E-state index contributed by atoms with van der Waals surface area (Å²) in [5.41, 5.74) is 0.456. The van der Waals surface area contributed by atoms with Crippen molar-refractivity contribution in [3.05, 3.63) is 33.8 Å². The van der Waals surface area contributed by atoms with Gasteiger partial charge < -0.3 is 15.0 Å². The molecule has 9 heteroatoms. The highest BCUT2D eigenvalue weighted by Gasteiger charge is 2.23.